The molecule has 10 heteroatoms. The number of hydrogen-bond donors (Lipinski definition) is 1. The van der Waals surface area contributed by atoms with Crippen LogP contribution in [0.1, 0.15) is 0 Å². The third-order valence-electron chi connectivity index (χ3n) is 7.24. The molecule has 0 spiro atoms. The molecule has 1 N–H and O–H groups in total. The number of piperazine rings is 1. The van der Waals surface area contributed by atoms with Crippen LogP contribution in [0.2, 0.25) is 0 Å². The molecule has 39 heavy (non-hydrogen) atoms. The summed E-state index contributed by atoms with van der Waals surface area (Å²) in [6, 6.07) is 21.8. The molecule has 194 valence electrons. The van der Waals surface area contributed by atoms with Gasteiger partial charge in [-0.3, -0.25) is 9.20 Å². The van der Waals surface area contributed by atoms with Crippen molar-refractivity contribution in [2.45, 2.75) is 0 Å². The number of fused-ring (bicyclic) bond motifs is 5. The van der Waals surface area contributed by atoms with Crippen molar-refractivity contribution < 1.29 is 4.39 Å². The van der Waals surface area contributed by atoms with Gasteiger partial charge in [0, 0.05) is 43.8 Å². The first kappa shape index (κ1) is 23.3. The molecule has 0 unspecified atom stereocenters. The van der Waals surface area contributed by atoms with Crippen LogP contribution < -0.4 is 15.8 Å². The van der Waals surface area contributed by atoms with E-state index in [1.54, 1.807) is 22.6 Å². The fourth-order valence-corrected chi connectivity index (χ4v) is 5.14. The van der Waals surface area contributed by atoms with Crippen molar-refractivity contribution in [2.24, 2.45) is 0 Å². The molecule has 6 aromatic rings. The zero-order valence-electron chi connectivity index (χ0n) is 21.3. The van der Waals surface area contributed by atoms with Crippen LogP contribution in [0.3, 0.4) is 0 Å². The van der Waals surface area contributed by atoms with Crippen LogP contribution in [-0.2, 0) is 0 Å². The lowest BCUT2D eigenvalue weighted by Crippen LogP contribution is -2.44. The number of likely N-dealkylation sites (N-methyl/N-ethyl adjacent to an activating group) is 1. The minimum absolute atomic E-state index is 0.118. The van der Waals surface area contributed by atoms with E-state index in [1.807, 2.05) is 36.4 Å². The minimum atomic E-state index is -0.521. The van der Waals surface area contributed by atoms with Crippen molar-refractivity contribution in [1.82, 2.24) is 28.8 Å². The highest BCUT2D eigenvalue weighted by Crippen LogP contribution is 2.25. The van der Waals surface area contributed by atoms with Crippen LogP contribution in [-0.4, -0.2) is 62.0 Å². The first-order valence-electron chi connectivity index (χ1n) is 12.8. The molecule has 1 fully saturated rings. The normalized spacial score (nSPS) is 14.5. The Morgan fingerprint density at radius 1 is 0.872 bits per heavy atom. The maximum absolute atomic E-state index is 14.9. The Hall–Kier alpha value is -4.83. The Labute approximate surface area is 222 Å². The van der Waals surface area contributed by atoms with Gasteiger partial charge in [-0.25, -0.2) is 18.9 Å². The Morgan fingerprint density at radius 3 is 2.41 bits per heavy atom. The fraction of sp³-hybridized carbons (Fsp3) is 0.172. The smallest absolute Gasteiger partial charge is 0.270 e. The topological polar surface area (TPSA) is 83.6 Å². The number of imidazole rings is 1. The third-order valence-corrected chi connectivity index (χ3v) is 7.24. The average Bonchev–Trinajstić information content (AvgIpc) is 3.34. The second-order valence-corrected chi connectivity index (χ2v) is 9.72. The number of halogens is 1. The molecule has 0 bridgehead atoms. The molecule has 0 atom stereocenters. The summed E-state index contributed by atoms with van der Waals surface area (Å²) in [5, 5.41) is 3.52. The lowest BCUT2D eigenvalue weighted by Gasteiger charge is -2.34. The number of aromatic nitrogens is 5. The maximum Gasteiger partial charge on any atom is 0.270 e. The molecule has 0 saturated carbocycles. The molecular formula is C29H25FN8O. The van der Waals surface area contributed by atoms with Crippen molar-refractivity contribution in [1.29, 1.82) is 0 Å². The highest BCUT2D eigenvalue weighted by Gasteiger charge is 2.20. The van der Waals surface area contributed by atoms with E-state index >= 15 is 0 Å². The van der Waals surface area contributed by atoms with Gasteiger partial charge in [0.1, 0.15) is 11.2 Å². The number of rotatable bonds is 4. The molecule has 3 aromatic carbocycles. The SMILES string of the molecule is CN1CCN(c2ccc(Nc3ncc4c(=O)n(-c5ccccc5F)c5nc6ccccc6n5c4n3)cc2)CC1. The summed E-state index contributed by atoms with van der Waals surface area (Å²) in [4.78, 5) is 32.2. The van der Waals surface area contributed by atoms with Crippen LogP contribution in [0.15, 0.2) is 83.8 Å². The van der Waals surface area contributed by atoms with Gasteiger partial charge in [-0.15, -0.1) is 0 Å². The fourth-order valence-electron chi connectivity index (χ4n) is 5.14. The van der Waals surface area contributed by atoms with E-state index in [-0.39, 0.29) is 16.9 Å². The Bertz CT molecular complexity index is 1910. The van der Waals surface area contributed by atoms with E-state index in [4.69, 9.17) is 4.98 Å². The van der Waals surface area contributed by atoms with Crippen molar-refractivity contribution in [3.63, 3.8) is 0 Å². The van der Waals surface area contributed by atoms with Gasteiger partial charge >= 0.3 is 0 Å². The molecule has 0 aliphatic carbocycles. The summed E-state index contributed by atoms with van der Waals surface area (Å²) < 4.78 is 17.9. The van der Waals surface area contributed by atoms with Gasteiger partial charge in [-0.1, -0.05) is 24.3 Å². The van der Waals surface area contributed by atoms with E-state index in [9.17, 15) is 9.18 Å². The first-order chi connectivity index (χ1) is 19.1. The van der Waals surface area contributed by atoms with Crippen molar-refractivity contribution in [2.75, 3.05) is 43.4 Å². The number of para-hydroxylation sites is 3. The largest absolute Gasteiger partial charge is 0.369 e. The summed E-state index contributed by atoms with van der Waals surface area (Å²) in [5.41, 5.74) is 3.49. The van der Waals surface area contributed by atoms with Crippen molar-refractivity contribution >= 4 is 45.2 Å². The third kappa shape index (κ3) is 3.96. The molecule has 1 aliphatic rings. The summed E-state index contributed by atoms with van der Waals surface area (Å²) in [7, 11) is 2.14. The Balaban J connectivity index is 1.34. The molecular weight excluding hydrogens is 495 g/mol. The molecule has 0 amide bonds. The van der Waals surface area contributed by atoms with Crippen LogP contribution in [0.25, 0.3) is 33.5 Å². The molecule has 9 nitrogen and oxygen atoms in total. The highest BCUT2D eigenvalue weighted by atomic mass is 19.1. The van der Waals surface area contributed by atoms with Crippen LogP contribution in [0.4, 0.5) is 21.7 Å². The summed E-state index contributed by atoms with van der Waals surface area (Å²) >= 11 is 0. The van der Waals surface area contributed by atoms with Crippen LogP contribution in [0.5, 0.6) is 0 Å². The summed E-state index contributed by atoms with van der Waals surface area (Å²) in [5.74, 6) is 0.101. The van der Waals surface area contributed by atoms with Gasteiger partial charge in [-0.05, 0) is 55.6 Å². The number of benzene rings is 3. The van der Waals surface area contributed by atoms with Crippen LogP contribution >= 0.6 is 0 Å². The monoisotopic (exact) mass is 520 g/mol. The zero-order chi connectivity index (χ0) is 26.5. The van der Waals surface area contributed by atoms with E-state index < -0.39 is 11.4 Å². The molecule has 1 aliphatic heterocycles. The maximum atomic E-state index is 14.9. The number of hydrogen-bond acceptors (Lipinski definition) is 7. The summed E-state index contributed by atoms with van der Waals surface area (Å²) in [6.07, 6.45) is 1.48. The molecule has 3 aromatic heterocycles. The zero-order valence-corrected chi connectivity index (χ0v) is 21.3. The van der Waals surface area contributed by atoms with E-state index in [0.29, 0.717) is 17.1 Å². The van der Waals surface area contributed by atoms with Crippen molar-refractivity contribution in [3.05, 3.63) is 95.2 Å². The van der Waals surface area contributed by atoms with Crippen LogP contribution in [0, 0.1) is 5.82 Å². The van der Waals surface area contributed by atoms with Gasteiger partial charge in [-0.2, -0.15) is 4.98 Å². The summed E-state index contributed by atoms with van der Waals surface area (Å²) in [6.45, 7) is 4.08. The van der Waals surface area contributed by atoms with Gasteiger partial charge in [0.05, 0.1) is 16.7 Å². The standard InChI is InChI=1S/C29H25FN8O/c1-35-14-16-36(17-15-35)20-12-10-19(11-13-20)32-28-31-18-21-26(34-28)37-25-9-5-3-7-23(25)33-29(37)38(27(21)39)24-8-4-2-6-22(24)30/h2-13,18H,14-17H2,1H3,(H,31,32,34). The van der Waals surface area contributed by atoms with E-state index in [0.717, 1.165) is 37.4 Å². The molecule has 0 radical (unpaired) electrons. The minimum Gasteiger partial charge on any atom is -0.369 e. The molecule has 1 saturated heterocycles. The second-order valence-electron chi connectivity index (χ2n) is 9.72. The predicted molar refractivity (Wildman–Crippen MR) is 151 cm³/mol. The average molecular weight is 521 g/mol. The second kappa shape index (κ2) is 9.17. The molecule has 7 rings (SSSR count). The highest BCUT2D eigenvalue weighted by molar-refractivity contribution is 5.88. The molecule has 4 heterocycles. The van der Waals surface area contributed by atoms with Gasteiger partial charge in [0.2, 0.25) is 11.7 Å². The van der Waals surface area contributed by atoms with Crippen molar-refractivity contribution in [3.8, 4) is 5.69 Å². The van der Waals surface area contributed by atoms with Gasteiger partial charge < -0.3 is 15.1 Å². The quantitative estimate of drug-likeness (QED) is 0.373. The lowest BCUT2D eigenvalue weighted by atomic mass is 10.2. The number of nitrogens with zero attached hydrogens (tertiary/aromatic N) is 7. The first-order valence-corrected chi connectivity index (χ1v) is 12.8. The van der Waals surface area contributed by atoms with E-state index in [2.05, 4.69) is 44.3 Å². The Kier molecular flexibility index (Phi) is 5.48. The van der Waals surface area contributed by atoms with Gasteiger partial charge in [0.25, 0.3) is 5.56 Å². The Morgan fingerprint density at radius 2 is 1.62 bits per heavy atom. The van der Waals surface area contributed by atoms with E-state index in [1.165, 1.54) is 22.5 Å². The van der Waals surface area contributed by atoms with Gasteiger partial charge in [0.15, 0.2) is 5.65 Å². The number of nitrogens with one attached hydrogen (secondary N) is 1. The predicted octanol–water partition coefficient (Wildman–Crippen LogP) is 4.22. The lowest BCUT2D eigenvalue weighted by molar-refractivity contribution is 0.313. The number of anilines is 3.